The summed E-state index contributed by atoms with van der Waals surface area (Å²) in [5.41, 5.74) is 15.4. The summed E-state index contributed by atoms with van der Waals surface area (Å²) in [6, 6.07) is 21.4. The second kappa shape index (κ2) is 10.5. The summed E-state index contributed by atoms with van der Waals surface area (Å²) < 4.78 is 10.7. The van der Waals surface area contributed by atoms with Crippen LogP contribution in [0, 0.1) is 6.92 Å². The molecule has 0 radical (unpaired) electrons. The lowest BCUT2D eigenvalue weighted by molar-refractivity contribution is 0.306. The molecule has 154 valence electrons. The van der Waals surface area contributed by atoms with Crippen LogP contribution >= 0.6 is 12.0 Å². The molecule has 0 fully saturated rings. The fourth-order valence-corrected chi connectivity index (χ4v) is 3.54. The minimum absolute atomic E-state index is 0.548. The molecule has 3 aromatic carbocycles. The van der Waals surface area contributed by atoms with Gasteiger partial charge in [-0.1, -0.05) is 24.3 Å². The van der Waals surface area contributed by atoms with Crippen LogP contribution in [0.2, 0.25) is 0 Å². The minimum atomic E-state index is 0.548. The van der Waals surface area contributed by atoms with Gasteiger partial charge in [0.2, 0.25) is 0 Å². The van der Waals surface area contributed by atoms with E-state index in [9.17, 15) is 0 Å². The molecule has 4 aromatic rings. The summed E-state index contributed by atoms with van der Waals surface area (Å²) in [6.45, 7) is 2.56. The van der Waals surface area contributed by atoms with E-state index in [0.29, 0.717) is 6.61 Å². The van der Waals surface area contributed by atoms with Crippen LogP contribution in [-0.4, -0.2) is 12.1 Å². The summed E-state index contributed by atoms with van der Waals surface area (Å²) in [5.74, 6) is 0.820. The maximum atomic E-state index is 6.03. The molecule has 0 saturated carbocycles. The maximum Gasteiger partial charge on any atom is 0.119 e. The Kier molecular flexibility index (Phi) is 7.54. The van der Waals surface area contributed by atoms with Crippen molar-refractivity contribution in [1.29, 1.82) is 0 Å². The largest absolute Gasteiger partial charge is 0.489 e. The molecule has 0 bridgehead atoms. The van der Waals surface area contributed by atoms with Crippen LogP contribution in [0.15, 0.2) is 84.0 Å². The highest BCUT2D eigenvalue weighted by molar-refractivity contribution is 7.94. The van der Waals surface area contributed by atoms with E-state index < -0.39 is 0 Å². The van der Waals surface area contributed by atoms with Gasteiger partial charge in [-0.25, -0.2) is 0 Å². The molecule has 5 nitrogen and oxygen atoms in total. The van der Waals surface area contributed by atoms with Gasteiger partial charge in [0.15, 0.2) is 0 Å². The zero-order valence-corrected chi connectivity index (χ0v) is 17.9. The van der Waals surface area contributed by atoms with E-state index in [0.717, 1.165) is 43.9 Å². The van der Waals surface area contributed by atoms with Crippen molar-refractivity contribution in [3.8, 4) is 5.75 Å². The van der Waals surface area contributed by atoms with Crippen LogP contribution in [0.1, 0.15) is 11.1 Å². The lowest BCUT2D eigenvalue weighted by Crippen LogP contribution is -1.95. The van der Waals surface area contributed by atoms with Crippen LogP contribution in [0.4, 0.5) is 11.4 Å². The first-order chi connectivity index (χ1) is 14.6. The third kappa shape index (κ3) is 5.65. The Morgan fingerprint density at radius 3 is 2.23 bits per heavy atom. The van der Waals surface area contributed by atoms with Crippen molar-refractivity contribution in [2.45, 2.75) is 18.4 Å². The molecule has 4 N–H and O–H groups in total. The van der Waals surface area contributed by atoms with Crippen molar-refractivity contribution in [3.05, 3.63) is 90.3 Å². The molecule has 0 aliphatic heterocycles. The minimum Gasteiger partial charge on any atom is -0.489 e. The van der Waals surface area contributed by atoms with Crippen LogP contribution < -0.4 is 16.2 Å². The molecule has 1 aromatic heterocycles. The van der Waals surface area contributed by atoms with E-state index in [1.54, 1.807) is 19.5 Å². The second-order valence-electron chi connectivity index (χ2n) is 6.61. The summed E-state index contributed by atoms with van der Waals surface area (Å²) in [6.07, 6.45) is 3.50. The molecule has 6 heteroatoms. The number of rotatable bonds is 5. The van der Waals surface area contributed by atoms with Gasteiger partial charge in [-0.05, 0) is 65.9 Å². The number of hydrogen-bond acceptors (Lipinski definition) is 6. The van der Waals surface area contributed by atoms with Crippen LogP contribution in [0.25, 0.3) is 10.8 Å². The third-order valence-corrected chi connectivity index (χ3v) is 5.15. The first-order valence-electron chi connectivity index (χ1n) is 9.44. The van der Waals surface area contributed by atoms with Gasteiger partial charge in [0.05, 0.1) is 7.11 Å². The zero-order valence-electron chi connectivity index (χ0n) is 17.0. The fraction of sp³-hybridized carbons (Fsp3) is 0.125. The molecule has 0 aliphatic carbocycles. The van der Waals surface area contributed by atoms with Gasteiger partial charge in [-0.2, -0.15) is 0 Å². The van der Waals surface area contributed by atoms with Crippen LogP contribution in [0.3, 0.4) is 0 Å². The topological polar surface area (TPSA) is 83.4 Å². The number of hydrogen-bond donors (Lipinski definition) is 2. The molecule has 0 atom stereocenters. The van der Waals surface area contributed by atoms with Gasteiger partial charge >= 0.3 is 0 Å². The van der Waals surface area contributed by atoms with E-state index in [2.05, 4.69) is 17.1 Å². The van der Waals surface area contributed by atoms with Crippen molar-refractivity contribution in [3.63, 3.8) is 0 Å². The number of fused-ring (bicyclic) bond motifs is 1. The Bertz CT molecular complexity index is 1090. The highest BCUT2D eigenvalue weighted by atomic mass is 32.2. The van der Waals surface area contributed by atoms with Gasteiger partial charge < -0.3 is 20.4 Å². The second-order valence-corrected chi connectivity index (χ2v) is 7.55. The van der Waals surface area contributed by atoms with Crippen molar-refractivity contribution in [1.82, 2.24) is 4.98 Å². The Morgan fingerprint density at radius 1 is 0.900 bits per heavy atom. The van der Waals surface area contributed by atoms with E-state index in [1.807, 2.05) is 61.5 Å². The number of aryl methyl sites for hydroxylation is 1. The third-order valence-electron chi connectivity index (χ3n) is 4.46. The van der Waals surface area contributed by atoms with Crippen molar-refractivity contribution in [2.24, 2.45) is 0 Å². The van der Waals surface area contributed by atoms with Gasteiger partial charge in [0.1, 0.15) is 12.4 Å². The van der Waals surface area contributed by atoms with E-state index in [4.69, 9.17) is 20.4 Å². The summed E-state index contributed by atoms with van der Waals surface area (Å²) in [5, 5.41) is 2.24. The van der Waals surface area contributed by atoms with Gasteiger partial charge in [-0.15, -0.1) is 0 Å². The SMILES string of the molecule is COSc1cc(C)c(N)c2ccccc12.Nc1ccc(OCc2ccncc2)cc1. The number of nitrogens with two attached hydrogens (primary N) is 2. The highest BCUT2D eigenvalue weighted by Gasteiger charge is 2.07. The standard InChI is InChI=1S/C12H12N2O.C12H13NOS/c13-11-1-3-12(4-2-11)15-9-10-5-7-14-8-6-10;1-8-7-11(15-14-2)9-5-3-4-6-10(9)12(8)13/h1-8H,9,13H2;3-7H,13H2,1-2H3. The van der Waals surface area contributed by atoms with Gasteiger partial charge in [0.25, 0.3) is 0 Å². The van der Waals surface area contributed by atoms with Gasteiger partial charge in [0, 0.05) is 46.1 Å². The van der Waals surface area contributed by atoms with E-state index >= 15 is 0 Å². The molecule has 0 aliphatic rings. The average molecular weight is 420 g/mol. The predicted octanol–water partition coefficient (Wildman–Crippen LogP) is 5.63. The molecule has 4 rings (SSSR count). The number of pyridine rings is 1. The smallest absolute Gasteiger partial charge is 0.119 e. The molecule has 0 unspecified atom stereocenters. The first-order valence-corrected chi connectivity index (χ1v) is 10.2. The number of nitrogens with zero attached hydrogens (tertiary/aromatic N) is 1. The average Bonchev–Trinajstić information content (AvgIpc) is 2.78. The summed E-state index contributed by atoms with van der Waals surface area (Å²) in [4.78, 5) is 5.05. The van der Waals surface area contributed by atoms with Crippen LogP contribution in [-0.2, 0) is 10.8 Å². The number of ether oxygens (including phenoxy) is 1. The Hall–Kier alpha value is -3.22. The number of anilines is 2. The molecule has 0 amide bonds. The quantitative estimate of drug-likeness (QED) is 0.322. The molecule has 1 heterocycles. The maximum absolute atomic E-state index is 6.03. The van der Waals surface area contributed by atoms with Gasteiger partial charge in [-0.3, -0.25) is 4.98 Å². The molecule has 30 heavy (non-hydrogen) atoms. The van der Waals surface area contributed by atoms with Crippen molar-refractivity contribution >= 4 is 34.2 Å². The summed E-state index contributed by atoms with van der Waals surface area (Å²) in [7, 11) is 1.67. The zero-order chi connectivity index (χ0) is 21.3. The molecule has 0 spiro atoms. The fourth-order valence-electron chi connectivity index (χ4n) is 2.87. The first kappa shape index (κ1) is 21.5. The lowest BCUT2D eigenvalue weighted by atomic mass is 10.1. The van der Waals surface area contributed by atoms with E-state index in [1.165, 1.54) is 12.0 Å². The molecule has 0 saturated heterocycles. The Labute approximate surface area is 181 Å². The normalized spacial score (nSPS) is 10.3. The van der Waals surface area contributed by atoms with Crippen molar-refractivity contribution in [2.75, 3.05) is 18.6 Å². The summed E-state index contributed by atoms with van der Waals surface area (Å²) >= 11 is 1.37. The lowest BCUT2D eigenvalue weighted by Gasteiger charge is -2.09. The Morgan fingerprint density at radius 2 is 1.57 bits per heavy atom. The monoisotopic (exact) mass is 419 g/mol. The van der Waals surface area contributed by atoms with Crippen LogP contribution in [0.5, 0.6) is 5.75 Å². The molecular weight excluding hydrogens is 394 g/mol. The number of benzene rings is 3. The Balaban J connectivity index is 0.000000171. The van der Waals surface area contributed by atoms with E-state index in [-0.39, 0.29) is 0 Å². The van der Waals surface area contributed by atoms with Crippen molar-refractivity contribution < 1.29 is 8.92 Å². The highest BCUT2D eigenvalue weighted by Crippen LogP contribution is 2.33. The number of nitrogen functional groups attached to an aromatic ring is 2. The predicted molar refractivity (Wildman–Crippen MR) is 125 cm³/mol. The number of aromatic nitrogens is 1. The molecular formula is C24H25N3O2S.